The van der Waals surface area contributed by atoms with E-state index in [2.05, 4.69) is 32.3 Å². The molecule has 0 unspecified atom stereocenters. The Balaban J connectivity index is 1.81. The van der Waals surface area contributed by atoms with Crippen molar-refractivity contribution in [3.8, 4) is 11.4 Å². The third-order valence-electron chi connectivity index (χ3n) is 3.01. The van der Waals surface area contributed by atoms with Crippen LogP contribution in [0.5, 0.6) is 0 Å². The van der Waals surface area contributed by atoms with Crippen LogP contribution in [0.2, 0.25) is 0 Å². The number of hydrogen-bond acceptors (Lipinski definition) is 4. The summed E-state index contributed by atoms with van der Waals surface area (Å²) in [6.45, 7) is 3.99. The first-order valence-electron chi connectivity index (χ1n) is 6.50. The topological polar surface area (TPSA) is 88.5 Å². The second-order valence-corrected chi connectivity index (χ2v) is 4.48. The van der Waals surface area contributed by atoms with E-state index < -0.39 is 0 Å². The lowest BCUT2D eigenvalue weighted by Gasteiger charge is -1.99. The molecule has 0 aliphatic heterocycles. The molecule has 0 atom stereocenters. The van der Waals surface area contributed by atoms with E-state index >= 15 is 0 Å². The zero-order valence-electron chi connectivity index (χ0n) is 11.3. The van der Waals surface area contributed by atoms with Crippen LogP contribution in [-0.4, -0.2) is 37.6 Å². The Bertz CT molecular complexity index is 787. The van der Waals surface area contributed by atoms with E-state index in [1.54, 1.807) is 6.08 Å². The minimum absolute atomic E-state index is 0.0309. The van der Waals surface area contributed by atoms with E-state index in [0.717, 1.165) is 16.5 Å². The van der Waals surface area contributed by atoms with Gasteiger partial charge in [-0.25, -0.2) is 0 Å². The van der Waals surface area contributed by atoms with E-state index in [-0.39, 0.29) is 12.5 Å². The molecule has 2 aromatic heterocycles. The van der Waals surface area contributed by atoms with Gasteiger partial charge >= 0.3 is 0 Å². The summed E-state index contributed by atoms with van der Waals surface area (Å²) in [5, 5.41) is 15.8. The standard InChI is InChI=1S/C14H14N6O/c1-2-7-15-13(21)9-20-18-14(17-19-20)11-8-16-12-6-4-3-5-10(11)12/h2-6,8,16H,1,7,9H2,(H,15,21). The van der Waals surface area contributed by atoms with Crippen LogP contribution in [0.3, 0.4) is 0 Å². The van der Waals surface area contributed by atoms with Gasteiger partial charge in [0.1, 0.15) is 6.54 Å². The Hall–Kier alpha value is -2.96. The molecule has 0 aliphatic rings. The number of H-pyrrole nitrogens is 1. The zero-order valence-corrected chi connectivity index (χ0v) is 11.3. The Kier molecular flexibility index (Phi) is 3.46. The van der Waals surface area contributed by atoms with Crippen molar-refractivity contribution < 1.29 is 4.79 Å². The first-order chi connectivity index (χ1) is 10.3. The Morgan fingerprint density at radius 2 is 2.29 bits per heavy atom. The molecule has 2 heterocycles. The van der Waals surface area contributed by atoms with Gasteiger partial charge in [-0.05, 0) is 11.3 Å². The summed E-state index contributed by atoms with van der Waals surface area (Å²) in [5.74, 6) is 0.307. The average molecular weight is 282 g/mol. The number of hydrogen-bond donors (Lipinski definition) is 2. The van der Waals surface area contributed by atoms with E-state index in [1.165, 1.54) is 4.80 Å². The summed E-state index contributed by atoms with van der Waals surface area (Å²) in [4.78, 5) is 16.0. The normalized spacial score (nSPS) is 10.7. The van der Waals surface area contributed by atoms with Crippen molar-refractivity contribution in [2.75, 3.05) is 6.54 Å². The van der Waals surface area contributed by atoms with Crippen LogP contribution < -0.4 is 5.32 Å². The minimum Gasteiger partial charge on any atom is -0.360 e. The summed E-state index contributed by atoms with van der Waals surface area (Å²) in [6.07, 6.45) is 3.45. The van der Waals surface area contributed by atoms with Gasteiger partial charge in [-0.3, -0.25) is 4.79 Å². The molecular formula is C14H14N6O. The highest BCUT2D eigenvalue weighted by molar-refractivity contribution is 5.93. The smallest absolute Gasteiger partial charge is 0.243 e. The van der Waals surface area contributed by atoms with Crippen molar-refractivity contribution in [2.45, 2.75) is 6.54 Å². The highest BCUT2D eigenvalue weighted by Crippen LogP contribution is 2.24. The molecule has 0 fully saturated rings. The number of carbonyl (C=O) groups is 1. The van der Waals surface area contributed by atoms with Crippen molar-refractivity contribution in [1.82, 2.24) is 30.5 Å². The quantitative estimate of drug-likeness (QED) is 0.686. The predicted octanol–water partition coefficient (Wildman–Crippen LogP) is 1.12. The molecule has 3 aromatic rings. The Morgan fingerprint density at radius 1 is 1.43 bits per heavy atom. The monoisotopic (exact) mass is 282 g/mol. The van der Waals surface area contributed by atoms with Crippen LogP contribution in [0.15, 0.2) is 43.1 Å². The second-order valence-electron chi connectivity index (χ2n) is 4.48. The third kappa shape index (κ3) is 2.66. The van der Waals surface area contributed by atoms with Gasteiger partial charge in [-0.2, -0.15) is 4.80 Å². The van der Waals surface area contributed by atoms with Crippen LogP contribution in [0.25, 0.3) is 22.3 Å². The molecule has 21 heavy (non-hydrogen) atoms. The van der Waals surface area contributed by atoms with Crippen LogP contribution in [0.1, 0.15) is 0 Å². The molecule has 0 radical (unpaired) electrons. The number of fused-ring (bicyclic) bond motifs is 1. The van der Waals surface area contributed by atoms with Gasteiger partial charge in [-0.1, -0.05) is 24.3 Å². The fraction of sp³-hybridized carbons (Fsp3) is 0.143. The molecule has 0 aliphatic carbocycles. The number of para-hydroxylation sites is 1. The van der Waals surface area contributed by atoms with Gasteiger partial charge in [0.25, 0.3) is 0 Å². The van der Waals surface area contributed by atoms with Gasteiger partial charge in [0.2, 0.25) is 11.7 Å². The van der Waals surface area contributed by atoms with Crippen LogP contribution in [0.4, 0.5) is 0 Å². The Labute approximate surface area is 120 Å². The second kappa shape index (κ2) is 5.58. The maximum Gasteiger partial charge on any atom is 0.243 e. The number of carbonyl (C=O) groups excluding carboxylic acids is 1. The number of benzene rings is 1. The molecule has 7 nitrogen and oxygen atoms in total. The molecule has 1 aromatic carbocycles. The fourth-order valence-corrected chi connectivity index (χ4v) is 2.04. The number of nitrogens with zero attached hydrogens (tertiary/aromatic N) is 4. The van der Waals surface area contributed by atoms with E-state index in [1.807, 2.05) is 30.5 Å². The Morgan fingerprint density at radius 3 is 3.14 bits per heavy atom. The fourth-order valence-electron chi connectivity index (χ4n) is 2.04. The lowest BCUT2D eigenvalue weighted by Crippen LogP contribution is -2.28. The molecule has 0 spiro atoms. The largest absolute Gasteiger partial charge is 0.360 e. The van der Waals surface area contributed by atoms with E-state index in [4.69, 9.17) is 0 Å². The van der Waals surface area contributed by atoms with Gasteiger partial charge in [0.05, 0.1) is 0 Å². The molecular weight excluding hydrogens is 268 g/mol. The highest BCUT2D eigenvalue weighted by Gasteiger charge is 2.12. The summed E-state index contributed by atoms with van der Waals surface area (Å²) in [6, 6.07) is 7.87. The van der Waals surface area contributed by atoms with Crippen molar-refractivity contribution >= 4 is 16.8 Å². The molecule has 2 N–H and O–H groups in total. The van der Waals surface area contributed by atoms with Crippen molar-refractivity contribution in [3.63, 3.8) is 0 Å². The molecule has 0 saturated heterocycles. The number of amides is 1. The summed E-state index contributed by atoms with van der Waals surface area (Å²) in [5.41, 5.74) is 1.87. The van der Waals surface area contributed by atoms with Crippen molar-refractivity contribution in [1.29, 1.82) is 0 Å². The first-order valence-corrected chi connectivity index (χ1v) is 6.50. The summed E-state index contributed by atoms with van der Waals surface area (Å²) in [7, 11) is 0. The van der Waals surface area contributed by atoms with Gasteiger partial charge < -0.3 is 10.3 Å². The molecule has 3 rings (SSSR count). The summed E-state index contributed by atoms with van der Waals surface area (Å²) < 4.78 is 0. The maximum absolute atomic E-state index is 11.6. The number of aromatic amines is 1. The third-order valence-corrected chi connectivity index (χ3v) is 3.01. The maximum atomic E-state index is 11.6. The predicted molar refractivity (Wildman–Crippen MR) is 78.3 cm³/mol. The van der Waals surface area contributed by atoms with Crippen molar-refractivity contribution in [3.05, 3.63) is 43.1 Å². The van der Waals surface area contributed by atoms with Gasteiger partial charge in [-0.15, -0.1) is 16.8 Å². The van der Waals surface area contributed by atoms with Crippen LogP contribution in [0, 0.1) is 0 Å². The number of aromatic nitrogens is 5. The van der Waals surface area contributed by atoms with Gasteiger partial charge in [0.15, 0.2) is 0 Å². The molecule has 106 valence electrons. The van der Waals surface area contributed by atoms with Gasteiger partial charge in [0, 0.05) is 29.2 Å². The number of nitrogens with one attached hydrogen (secondary N) is 2. The molecule has 7 heteroatoms. The lowest BCUT2D eigenvalue weighted by molar-refractivity contribution is -0.121. The summed E-state index contributed by atoms with van der Waals surface area (Å²) >= 11 is 0. The van der Waals surface area contributed by atoms with Crippen LogP contribution >= 0.6 is 0 Å². The number of rotatable bonds is 5. The molecule has 0 saturated carbocycles. The zero-order chi connectivity index (χ0) is 14.7. The average Bonchev–Trinajstić information content (AvgIpc) is 3.11. The first kappa shape index (κ1) is 13.0. The van der Waals surface area contributed by atoms with E-state index in [9.17, 15) is 4.79 Å². The number of tetrazole rings is 1. The lowest BCUT2D eigenvalue weighted by atomic mass is 10.2. The molecule has 0 bridgehead atoms. The van der Waals surface area contributed by atoms with Crippen LogP contribution in [-0.2, 0) is 11.3 Å². The van der Waals surface area contributed by atoms with Crippen molar-refractivity contribution in [2.24, 2.45) is 0 Å². The minimum atomic E-state index is -0.183. The highest BCUT2D eigenvalue weighted by atomic mass is 16.2. The molecule has 1 amide bonds. The van der Waals surface area contributed by atoms with E-state index in [0.29, 0.717) is 12.4 Å². The SMILES string of the molecule is C=CCNC(=O)Cn1nnc(-c2c[nH]c3ccccc23)n1.